The first kappa shape index (κ1) is 23.3. The van der Waals surface area contributed by atoms with Crippen LogP contribution in [0.15, 0.2) is 70.1 Å². The minimum absolute atomic E-state index is 0.134. The predicted molar refractivity (Wildman–Crippen MR) is 138 cm³/mol. The average molecular weight is 510 g/mol. The third-order valence-corrected chi connectivity index (χ3v) is 6.70. The van der Waals surface area contributed by atoms with Crippen LogP contribution in [0.5, 0.6) is 0 Å². The van der Waals surface area contributed by atoms with Crippen LogP contribution in [0.4, 0.5) is 10.5 Å². The minimum Gasteiger partial charge on any atom is -0.465 e. The van der Waals surface area contributed by atoms with Crippen LogP contribution in [-0.4, -0.2) is 41.0 Å². The van der Waals surface area contributed by atoms with Gasteiger partial charge in [-0.05, 0) is 73.0 Å². The van der Waals surface area contributed by atoms with Crippen LogP contribution in [0, 0.1) is 13.8 Å². The van der Waals surface area contributed by atoms with Crippen molar-refractivity contribution in [1.82, 2.24) is 29.8 Å². The van der Waals surface area contributed by atoms with Gasteiger partial charge in [0.05, 0.1) is 5.69 Å². The number of pyridine rings is 1. The van der Waals surface area contributed by atoms with Gasteiger partial charge in [-0.25, -0.2) is 9.78 Å². The molecule has 11 nitrogen and oxygen atoms in total. The molecule has 0 aliphatic carbocycles. The maximum Gasteiger partial charge on any atom is 0.409 e. The Kier molecular flexibility index (Phi) is 5.60. The molecule has 0 radical (unpaired) electrons. The second kappa shape index (κ2) is 9.11. The van der Waals surface area contributed by atoms with Crippen LogP contribution in [0.2, 0.25) is 0 Å². The first-order chi connectivity index (χ1) is 18.4. The molecular formula is C27H23N7O4. The van der Waals surface area contributed by atoms with Crippen LogP contribution in [0.1, 0.15) is 35.4 Å². The van der Waals surface area contributed by atoms with Crippen LogP contribution in [0.3, 0.4) is 0 Å². The fourth-order valence-electron chi connectivity index (χ4n) is 5.00. The Balaban J connectivity index is 1.35. The van der Waals surface area contributed by atoms with E-state index >= 15 is 0 Å². The summed E-state index contributed by atoms with van der Waals surface area (Å²) < 4.78 is 9.39. The number of nitrogens with zero attached hydrogens (tertiary/aromatic N) is 6. The summed E-state index contributed by atoms with van der Waals surface area (Å²) in [4.78, 5) is 29.1. The number of oxazole rings is 1. The predicted octanol–water partition coefficient (Wildman–Crippen LogP) is 4.39. The summed E-state index contributed by atoms with van der Waals surface area (Å²) >= 11 is 0. The number of hydrogen-bond donors (Lipinski definition) is 2. The van der Waals surface area contributed by atoms with Crippen LogP contribution in [0.25, 0.3) is 28.1 Å². The lowest BCUT2D eigenvalue weighted by Gasteiger charge is -2.14. The van der Waals surface area contributed by atoms with Gasteiger partial charge in [-0.1, -0.05) is 23.8 Å². The highest BCUT2D eigenvalue weighted by molar-refractivity contribution is 5.83. The number of nitrogens with one attached hydrogen (secondary N) is 1. The van der Waals surface area contributed by atoms with Crippen molar-refractivity contribution in [3.05, 3.63) is 94.2 Å². The van der Waals surface area contributed by atoms with Gasteiger partial charge in [0.2, 0.25) is 5.89 Å². The van der Waals surface area contributed by atoms with Gasteiger partial charge in [-0.2, -0.15) is 4.68 Å². The summed E-state index contributed by atoms with van der Waals surface area (Å²) in [5.41, 5.74) is 6.21. The van der Waals surface area contributed by atoms with E-state index in [0.717, 1.165) is 33.6 Å². The number of amides is 1. The molecule has 1 amide bonds. The fraction of sp³-hybridized carbons (Fsp3) is 0.185. The monoisotopic (exact) mass is 509 g/mol. The topological polar surface area (TPSA) is 141 Å². The standard InChI is InChI=1S/C27H23N7O4/c1-15-3-9-22(33-14-28-31-32-33)21(11-15)18-12-20-8-10-23(34(20)24(35)13-18)26-30-25(16(2)38-26)17-4-6-19(7-5-17)29-27(36)37/h3-7,9,11-14,23,29H,8,10H2,1-2H3,(H,36,37)/t23-/m0/s1. The number of tetrazole rings is 1. The van der Waals surface area contributed by atoms with Gasteiger partial charge in [-0.3, -0.25) is 10.1 Å². The molecular weight excluding hydrogens is 486 g/mol. The molecule has 0 fully saturated rings. The summed E-state index contributed by atoms with van der Waals surface area (Å²) in [5.74, 6) is 1.10. The summed E-state index contributed by atoms with van der Waals surface area (Å²) in [7, 11) is 0. The third kappa shape index (κ3) is 4.13. The lowest BCUT2D eigenvalue weighted by molar-refractivity contribution is 0.209. The number of rotatable bonds is 5. The maximum atomic E-state index is 13.5. The van der Waals surface area contributed by atoms with Gasteiger partial charge >= 0.3 is 6.09 Å². The van der Waals surface area contributed by atoms with Crippen molar-refractivity contribution in [2.24, 2.45) is 0 Å². The van der Waals surface area contributed by atoms with Crippen molar-refractivity contribution in [2.45, 2.75) is 32.7 Å². The van der Waals surface area contributed by atoms with Gasteiger partial charge < -0.3 is 14.1 Å². The lowest BCUT2D eigenvalue weighted by Crippen LogP contribution is -2.23. The van der Waals surface area contributed by atoms with Crippen molar-refractivity contribution in [1.29, 1.82) is 0 Å². The normalized spacial score (nSPS) is 14.4. The molecule has 11 heteroatoms. The van der Waals surface area contributed by atoms with Crippen molar-refractivity contribution in [3.8, 4) is 28.1 Å². The van der Waals surface area contributed by atoms with Gasteiger partial charge in [0.15, 0.2) is 0 Å². The summed E-state index contributed by atoms with van der Waals surface area (Å²) in [6, 6.07) is 16.2. The second-order valence-electron chi connectivity index (χ2n) is 9.24. The zero-order chi connectivity index (χ0) is 26.4. The quantitative estimate of drug-likeness (QED) is 0.355. The smallest absolute Gasteiger partial charge is 0.409 e. The van der Waals surface area contributed by atoms with E-state index in [1.165, 1.54) is 6.33 Å². The number of fused-ring (bicyclic) bond motifs is 1. The molecule has 1 aliphatic rings. The van der Waals surface area contributed by atoms with Crippen molar-refractivity contribution >= 4 is 11.8 Å². The molecule has 6 rings (SSSR count). The maximum absolute atomic E-state index is 13.5. The Bertz CT molecular complexity index is 1720. The van der Waals surface area contributed by atoms with E-state index in [2.05, 4.69) is 20.8 Å². The Morgan fingerprint density at radius 1 is 1.08 bits per heavy atom. The minimum atomic E-state index is -1.12. The number of aryl methyl sites for hydroxylation is 3. The highest BCUT2D eigenvalue weighted by atomic mass is 16.4. The number of benzene rings is 2. The first-order valence-electron chi connectivity index (χ1n) is 12.0. The zero-order valence-electron chi connectivity index (χ0n) is 20.6. The van der Waals surface area contributed by atoms with E-state index < -0.39 is 6.09 Å². The van der Waals surface area contributed by atoms with E-state index in [-0.39, 0.29) is 11.6 Å². The van der Waals surface area contributed by atoms with E-state index in [9.17, 15) is 9.59 Å². The summed E-state index contributed by atoms with van der Waals surface area (Å²) in [5, 5.41) is 22.7. The van der Waals surface area contributed by atoms with E-state index in [1.807, 2.05) is 38.1 Å². The van der Waals surface area contributed by atoms with Gasteiger partial charge in [0, 0.05) is 28.6 Å². The first-order valence-corrected chi connectivity index (χ1v) is 12.0. The SMILES string of the molecule is Cc1ccc(-n2cnnn2)c(-c2cc3n(c(=O)c2)[C@H](c2nc(-c4ccc(NC(=O)O)cc4)c(C)o2)CC3)c1. The summed E-state index contributed by atoms with van der Waals surface area (Å²) in [6.45, 7) is 3.83. The van der Waals surface area contributed by atoms with E-state index in [0.29, 0.717) is 35.9 Å². The Labute approximate surface area is 216 Å². The Morgan fingerprint density at radius 2 is 1.89 bits per heavy atom. The van der Waals surface area contributed by atoms with Crippen LogP contribution >= 0.6 is 0 Å². The summed E-state index contributed by atoms with van der Waals surface area (Å²) in [6.07, 6.45) is 1.79. The molecule has 190 valence electrons. The lowest BCUT2D eigenvalue weighted by atomic mass is 10.0. The molecule has 0 bridgehead atoms. The highest BCUT2D eigenvalue weighted by Crippen LogP contribution is 2.36. The molecule has 4 heterocycles. The molecule has 0 saturated heterocycles. The Morgan fingerprint density at radius 3 is 2.63 bits per heavy atom. The number of carboxylic acid groups (broad SMARTS) is 1. The molecule has 5 aromatic rings. The third-order valence-electron chi connectivity index (χ3n) is 6.70. The largest absolute Gasteiger partial charge is 0.465 e. The van der Waals surface area contributed by atoms with Gasteiger partial charge in [-0.15, -0.1) is 5.10 Å². The molecule has 0 unspecified atom stereocenters. The molecule has 3 aromatic heterocycles. The second-order valence-corrected chi connectivity index (χ2v) is 9.24. The Hall–Kier alpha value is -5.06. The van der Waals surface area contributed by atoms with Crippen molar-refractivity contribution in [2.75, 3.05) is 5.32 Å². The van der Waals surface area contributed by atoms with Crippen LogP contribution in [-0.2, 0) is 6.42 Å². The van der Waals surface area contributed by atoms with Crippen molar-refractivity contribution < 1.29 is 14.3 Å². The fourth-order valence-corrected chi connectivity index (χ4v) is 5.00. The van der Waals surface area contributed by atoms with E-state index in [4.69, 9.17) is 14.5 Å². The van der Waals surface area contributed by atoms with Gasteiger partial charge in [0.25, 0.3) is 5.56 Å². The number of carbonyl (C=O) groups is 1. The molecule has 1 aliphatic heterocycles. The number of aromatic nitrogens is 6. The molecule has 2 N–H and O–H groups in total. The van der Waals surface area contributed by atoms with Crippen LogP contribution < -0.4 is 10.9 Å². The number of hydrogen-bond acceptors (Lipinski definition) is 7. The molecule has 0 saturated carbocycles. The van der Waals surface area contributed by atoms with Gasteiger partial charge in [0.1, 0.15) is 23.8 Å². The highest BCUT2D eigenvalue weighted by Gasteiger charge is 2.30. The molecule has 38 heavy (non-hydrogen) atoms. The number of anilines is 1. The molecule has 1 atom stereocenters. The zero-order valence-corrected chi connectivity index (χ0v) is 20.6. The van der Waals surface area contributed by atoms with Crippen molar-refractivity contribution in [3.63, 3.8) is 0 Å². The average Bonchev–Trinajstić information content (AvgIpc) is 3.64. The molecule has 2 aromatic carbocycles. The van der Waals surface area contributed by atoms with E-state index in [1.54, 1.807) is 39.6 Å². The molecule has 0 spiro atoms.